The number of likely N-dealkylation sites (tertiary alicyclic amines) is 1. The van der Waals surface area contributed by atoms with Crippen molar-refractivity contribution in [3.05, 3.63) is 73.1 Å². The van der Waals surface area contributed by atoms with E-state index in [4.69, 9.17) is 4.98 Å². The van der Waals surface area contributed by atoms with E-state index in [0.29, 0.717) is 12.3 Å². The highest BCUT2D eigenvalue weighted by molar-refractivity contribution is 5.80. The summed E-state index contributed by atoms with van der Waals surface area (Å²) in [5, 5.41) is 0. The second-order valence-electron chi connectivity index (χ2n) is 8.20. The van der Waals surface area contributed by atoms with Crippen molar-refractivity contribution in [1.29, 1.82) is 0 Å². The fourth-order valence-electron chi connectivity index (χ4n) is 4.52. The SMILES string of the molecule is CCC(=O)N1CCC(Cn2c(-c3ccc(-c4ccccc4)cc3)nc3cnccc32)C1. The number of amides is 1. The molecule has 0 spiro atoms. The lowest BCUT2D eigenvalue weighted by molar-refractivity contribution is -0.129. The molecule has 1 fully saturated rings. The minimum Gasteiger partial charge on any atom is -0.342 e. The molecule has 5 nitrogen and oxygen atoms in total. The summed E-state index contributed by atoms with van der Waals surface area (Å²) in [7, 11) is 0. The fourth-order valence-corrected chi connectivity index (χ4v) is 4.52. The standard InChI is InChI=1S/C26H26N4O/c1-2-25(31)29-15-13-19(17-29)18-30-24-12-14-27-16-23(24)28-26(30)22-10-8-21(9-11-22)20-6-4-3-5-7-20/h3-12,14,16,19H,2,13,15,17-18H2,1H3. The molecule has 0 N–H and O–H groups in total. The molecule has 0 aliphatic carbocycles. The third-order valence-corrected chi connectivity index (χ3v) is 6.18. The average Bonchev–Trinajstić information content (AvgIpc) is 3.45. The number of nitrogens with zero attached hydrogens (tertiary/aromatic N) is 4. The Bertz CT molecular complexity index is 1200. The van der Waals surface area contributed by atoms with Crippen molar-refractivity contribution in [3.8, 4) is 22.5 Å². The molecule has 4 aromatic rings. The number of carbonyl (C=O) groups excluding carboxylic acids is 1. The van der Waals surface area contributed by atoms with Gasteiger partial charge in [0, 0.05) is 37.8 Å². The van der Waals surface area contributed by atoms with Gasteiger partial charge in [-0.25, -0.2) is 4.98 Å². The third-order valence-electron chi connectivity index (χ3n) is 6.18. The summed E-state index contributed by atoms with van der Waals surface area (Å²) in [6, 6.07) is 21.0. The van der Waals surface area contributed by atoms with Crippen LogP contribution in [0.25, 0.3) is 33.5 Å². The van der Waals surface area contributed by atoms with Gasteiger partial charge in [-0.2, -0.15) is 0 Å². The maximum absolute atomic E-state index is 12.1. The Morgan fingerprint density at radius 1 is 1.00 bits per heavy atom. The predicted octanol–water partition coefficient (Wildman–Crippen LogP) is 5.02. The van der Waals surface area contributed by atoms with Gasteiger partial charge in [0.15, 0.2) is 0 Å². The quantitative estimate of drug-likeness (QED) is 0.464. The molecule has 1 saturated heterocycles. The van der Waals surface area contributed by atoms with E-state index in [1.807, 2.05) is 36.4 Å². The summed E-state index contributed by atoms with van der Waals surface area (Å²) in [6.45, 7) is 4.46. The van der Waals surface area contributed by atoms with Crippen LogP contribution in [-0.2, 0) is 11.3 Å². The molecule has 5 heteroatoms. The summed E-state index contributed by atoms with van der Waals surface area (Å²) in [4.78, 5) is 23.3. The molecule has 2 aromatic carbocycles. The first-order valence-corrected chi connectivity index (χ1v) is 11.0. The predicted molar refractivity (Wildman–Crippen MR) is 123 cm³/mol. The van der Waals surface area contributed by atoms with E-state index in [2.05, 4.69) is 58.1 Å². The van der Waals surface area contributed by atoms with Gasteiger partial charge in [-0.15, -0.1) is 0 Å². The molecule has 1 atom stereocenters. The summed E-state index contributed by atoms with van der Waals surface area (Å²) >= 11 is 0. The number of hydrogen-bond acceptors (Lipinski definition) is 3. The zero-order valence-electron chi connectivity index (χ0n) is 17.7. The Morgan fingerprint density at radius 2 is 1.74 bits per heavy atom. The van der Waals surface area contributed by atoms with Crippen molar-refractivity contribution < 1.29 is 4.79 Å². The van der Waals surface area contributed by atoms with Gasteiger partial charge in [-0.1, -0.05) is 61.5 Å². The van der Waals surface area contributed by atoms with Gasteiger partial charge >= 0.3 is 0 Å². The Morgan fingerprint density at radius 3 is 2.52 bits per heavy atom. The largest absolute Gasteiger partial charge is 0.342 e. The Kier molecular flexibility index (Phi) is 5.24. The first-order chi connectivity index (χ1) is 15.2. The molecule has 0 radical (unpaired) electrons. The molecule has 0 saturated carbocycles. The van der Waals surface area contributed by atoms with E-state index in [9.17, 15) is 4.79 Å². The highest BCUT2D eigenvalue weighted by Crippen LogP contribution is 2.29. The lowest BCUT2D eigenvalue weighted by Gasteiger charge is -2.17. The average molecular weight is 411 g/mol. The minimum absolute atomic E-state index is 0.249. The van der Waals surface area contributed by atoms with Crippen LogP contribution in [0.4, 0.5) is 0 Å². The van der Waals surface area contributed by atoms with Gasteiger partial charge in [0.25, 0.3) is 0 Å². The molecule has 1 amide bonds. The van der Waals surface area contributed by atoms with Crippen LogP contribution in [0.3, 0.4) is 0 Å². The van der Waals surface area contributed by atoms with E-state index in [-0.39, 0.29) is 5.91 Å². The lowest BCUT2D eigenvalue weighted by atomic mass is 10.0. The minimum atomic E-state index is 0.249. The highest BCUT2D eigenvalue weighted by atomic mass is 16.2. The normalized spacial score (nSPS) is 16.2. The topological polar surface area (TPSA) is 51.0 Å². The van der Waals surface area contributed by atoms with Crippen molar-refractivity contribution in [2.45, 2.75) is 26.3 Å². The maximum atomic E-state index is 12.1. The second-order valence-corrected chi connectivity index (χ2v) is 8.20. The van der Waals surface area contributed by atoms with Crippen LogP contribution in [0.1, 0.15) is 19.8 Å². The third kappa shape index (κ3) is 3.83. The van der Waals surface area contributed by atoms with Gasteiger partial charge in [0.2, 0.25) is 5.91 Å². The van der Waals surface area contributed by atoms with Crippen LogP contribution in [0.15, 0.2) is 73.1 Å². The summed E-state index contributed by atoms with van der Waals surface area (Å²) in [5.41, 5.74) is 5.49. The van der Waals surface area contributed by atoms with Crippen molar-refractivity contribution in [2.24, 2.45) is 5.92 Å². The maximum Gasteiger partial charge on any atom is 0.222 e. The van der Waals surface area contributed by atoms with E-state index in [0.717, 1.165) is 48.5 Å². The van der Waals surface area contributed by atoms with Gasteiger partial charge in [0.1, 0.15) is 11.3 Å². The summed E-state index contributed by atoms with van der Waals surface area (Å²) < 4.78 is 2.30. The molecule has 31 heavy (non-hydrogen) atoms. The summed E-state index contributed by atoms with van der Waals surface area (Å²) in [6.07, 6.45) is 5.26. The number of benzene rings is 2. The van der Waals surface area contributed by atoms with E-state index >= 15 is 0 Å². The monoisotopic (exact) mass is 410 g/mol. The summed E-state index contributed by atoms with van der Waals surface area (Å²) in [5.74, 6) is 1.64. The molecular formula is C26H26N4O. The Hall–Kier alpha value is -3.47. The van der Waals surface area contributed by atoms with Crippen LogP contribution in [0.5, 0.6) is 0 Å². The lowest BCUT2D eigenvalue weighted by Crippen LogP contribution is -2.28. The number of carbonyl (C=O) groups is 1. The zero-order valence-corrected chi connectivity index (χ0v) is 17.7. The number of fused-ring (bicyclic) bond motifs is 1. The molecule has 1 aliphatic heterocycles. The molecule has 3 heterocycles. The van der Waals surface area contributed by atoms with Crippen molar-refractivity contribution >= 4 is 16.9 Å². The number of rotatable bonds is 5. The van der Waals surface area contributed by atoms with Gasteiger partial charge in [0.05, 0.1) is 11.7 Å². The Labute approximate surface area is 182 Å². The smallest absolute Gasteiger partial charge is 0.222 e. The van der Waals surface area contributed by atoms with Gasteiger partial charge in [-0.05, 0) is 29.5 Å². The van der Waals surface area contributed by atoms with E-state index in [1.54, 1.807) is 0 Å². The number of imidazole rings is 1. The molecule has 0 bridgehead atoms. The van der Waals surface area contributed by atoms with Crippen molar-refractivity contribution in [1.82, 2.24) is 19.4 Å². The molecular weight excluding hydrogens is 384 g/mol. The highest BCUT2D eigenvalue weighted by Gasteiger charge is 2.27. The molecule has 156 valence electrons. The van der Waals surface area contributed by atoms with Gasteiger partial charge < -0.3 is 9.47 Å². The van der Waals surface area contributed by atoms with Crippen LogP contribution in [-0.4, -0.2) is 38.4 Å². The molecule has 2 aromatic heterocycles. The second kappa shape index (κ2) is 8.34. The first kappa shape index (κ1) is 19.5. The van der Waals surface area contributed by atoms with Crippen LogP contribution in [0, 0.1) is 5.92 Å². The van der Waals surface area contributed by atoms with Crippen molar-refractivity contribution in [3.63, 3.8) is 0 Å². The molecule has 1 aliphatic rings. The van der Waals surface area contributed by atoms with Crippen LogP contribution >= 0.6 is 0 Å². The van der Waals surface area contributed by atoms with E-state index < -0.39 is 0 Å². The number of hydrogen-bond donors (Lipinski definition) is 0. The van der Waals surface area contributed by atoms with E-state index in [1.165, 1.54) is 11.1 Å². The van der Waals surface area contributed by atoms with Gasteiger partial charge in [-0.3, -0.25) is 9.78 Å². The van der Waals surface area contributed by atoms with Crippen molar-refractivity contribution in [2.75, 3.05) is 13.1 Å². The first-order valence-electron chi connectivity index (χ1n) is 11.0. The number of aromatic nitrogens is 3. The van der Waals surface area contributed by atoms with Crippen LogP contribution < -0.4 is 0 Å². The Balaban J connectivity index is 1.47. The van der Waals surface area contributed by atoms with Crippen LogP contribution in [0.2, 0.25) is 0 Å². The molecule has 5 rings (SSSR count). The zero-order chi connectivity index (χ0) is 21.2. The number of pyridine rings is 1. The molecule has 1 unspecified atom stereocenters. The fraction of sp³-hybridized carbons (Fsp3) is 0.269.